The number of carboxylic acid groups (broad SMARTS) is 1. The molecule has 0 saturated carbocycles. The summed E-state index contributed by atoms with van der Waals surface area (Å²) < 4.78 is 11.0. The molecule has 3 N–H and O–H groups in total. The van der Waals surface area contributed by atoms with Crippen LogP contribution in [0, 0.1) is 0 Å². The fourth-order valence-electron chi connectivity index (χ4n) is 3.07. The summed E-state index contributed by atoms with van der Waals surface area (Å²) in [6.07, 6.45) is 3.09. The molecule has 2 amide bonds. The van der Waals surface area contributed by atoms with Gasteiger partial charge < -0.3 is 14.6 Å². The minimum Gasteiger partial charge on any atom is -0.493 e. The molecular formula is C21H23N3O5. The molecule has 0 aliphatic carbocycles. The maximum Gasteiger partial charge on any atom is 0.409 e. The van der Waals surface area contributed by atoms with Crippen molar-refractivity contribution in [3.8, 4) is 11.5 Å². The number of nitrogens with one attached hydrogen (secondary N) is 2. The van der Waals surface area contributed by atoms with Crippen LogP contribution in [0.2, 0.25) is 0 Å². The first-order valence-electron chi connectivity index (χ1n) is 9.19. The summed E-state index contributed by atoms with van der Waals surface area (Å²) in [6, 6.07) is 11.9. The minimum absolute atomic E-state index is 0.130. The Balaban J connectivity index is 1.78. The lowest BCUT2D eigenvalue weighted by atomic mass is 10.0. The molecule has 1 unspecified atom stereocenters. The molecule has 2 aromatic carbocycles. The summed E-state index contributed by atoms with van der Waals surface area (Å²) in [5, 5.41) is 12.5. The Bertz CT molecular complexity index is 928. The van der Waals surface area contributed by atoms with Gasteiger partial charge in [-0.2, -0.15) is 0 Å². The molecule has 1 heterocycles. The van der Waals surface area contributed by atoms with E-state index in [0.29, 0.717) is 35.8 Å². The van der Waals surface area contributed by atoms with Gasteiger partial charge in [0.25, 0.3) is 5.91 Å². The van der Waals surface area contributed by atoms with Crippen LogP contribution in [0.1, 0.15) is 35.3 Å². The number of nitrogens with zero attached hydrogens (tertiary/aromatic N) is 1. The Hall–Kier alpha value is -3.52. The molecule has 2 aromatic rings. The Morgan fingerprint density at radius 1 is 1.24 bits per heavy atom. The first kappa shape index (κ1) is 20.2. The minimum atomic E-state index is -1.18. The highest BCUT2D eigenvalue weighted by molar-refractivity contribution is 5.96. The fraction of sp³-hybridized carbons (Fsp3) is 0.238. The molecule has 29 heavy (non-hydrogen) atoms. The predicted octanol–water partition coefficient (Wildman–Crippen LogP) is 3.79. The summed E-state index contributed by atoms with van der Waals surface area (Å²) in [5.41, 5.74) is 4.85. The zero-order valence-electron chi connectivity index (χ0n) is 16.2. The van der Waals surface area contributed by atoms with Crippen LogP contribution in [0.5, 0.6) is 11.5 Å². The average Bonchev–Trinajstić information content (AvgIpc) is 2.73. The monoisotopic (exact) mass is 397 g/mol. The molecule has 1 atom stereocenters. The van der Waals surface area contributed by atoms with E-state index in [9.17, 15) is 9.59 Å². The lowest BCUT2D eigenvalue weighted by Gasteiger charge is -2.30. The first-order valence-corrected chi connectivity index (χ1v) is 9.19. The summed E-state index contributed by atoms with van der Waals surface area (Å²) >= 11 is 0. The van der Waals surface area contributed by atoms with Gasteiger partial charge >= 0.3 is 6.09 Å². The number of hydrogen-bond donors (Lipinski definition) is 3. The van der Waals surface area contributed by atoms with Crippen molar-refractivity contribution >= 4 is 17.7 Å². The van der Waals surface area contributed by atoms with Crippen LogP contribution in [0.3, 0.4) is 0 Å². The van der Waals surface area contributed by atoms with Gasteiger partial charge in [-0.25, -0.2) is 15.2 Å². The number of rotatable bonds is 6. The number of ether oxygens (including phenoxy) is 2. The van der Waals surface area contributed by atoms with Gasteiger partial charge in [0, 0.05) is 17.5 Å². The molecule has 0 radical (unpaired) electrons. The maximum absolute atomic E-state index is 12.9. The van der Waals surface area contributed by atoms with Crippen LogP contribution in [0.25, 0.3) is 0 Å². The number of hydrogen-bond acceptors (Lipinski definition) is 5. The maximum atomic E-state index is 12.9. The van der Waals surface area contributed by atoms with Crippen molar-refractivity contribution in [1.29, 1.82) is 0 Å². The summed E-state index contributed by atoms with van der Waals surface area (Å²) in [6.45, 7) is 2.42. The molecular weight excluding hydrogens is 374 g/mol. The van der Waals surface area contributed by atoms with Crippen LogP contribution < -0.4 is 20.2 Å². The summed E-state index contributed by atoms with van der Waals surface area (Å²) in [7, 11) is 1.59. The van der Waals surface area contributed by atoms with Gasteiger partial charge in [-0.1, -0.05) is 18.2 Å². The molecule has 8 nitrogen and oxygen atoms in total. The molecule has 1 aliphatic rings. The van der Waals surface area contributed by atoms with Crippen molar-refractivity contribution in [1.82, 2.24) is 10.4 Å². The van der Waals surface area contributed by atoms with Crippen molar-refractivity contribution in [2.24, 2.45) is 0 Å². The number of methoxy groups -OCH3 is 1. The number of carbonyl (C=O) groups excluding carboxylic acids is 1. The van der Waals surface area contributed by atoms with Crippen molar-refractivity contribution in [3.63, 3.8) is 0 Å². The third-order valence-electron chi connectivity index (χ3n) is 4.39. The third-order valence-corrected chi connectivity index (χ3v) is 4.39. The zero-order chi connectivity index (χ0) is 20.8. The number of anilines is 1. The van der Waals surface area contributed by atoms with Crippen molar-refractivity contribution < 1.29 is 24.2 Å². The van der Waals surface area contributed by atoms with Crippen molar-refractivity contribution in [2.45, 2.75) is 19.4 Å². The smallest absolute Gasteiger partial charge is 0.409 e. The van der Waals surface area contributed by atoms with Crippen LogP contribution in [0.4, 0.5) is 10.5 Å². The molecule has 0 aromatic heterocycles. The largest absolute Gasteiger partial charge is 0.493 e. The lowest BCUT2D eigenvalue weighted by Crippen LogP contribution is -2.43. The Kier molecular flexibility index (Phi) is 6.36. The number of benzene rings is 2. The normalized spacial score (nSPS) is 15.7. The first-order chi connectivity index (χ1) is 14.0. The van der Waals surface area contributed by atoms with E-state index in [1.54, 1.807) is 31.5 Å². The van der Waals surface area contributed by atoms with E-state index in [2.05, 4.69) is 10.7 Å². The summed E-state index contributed by atoms with van der Waals surface area (Å²) in [4.78, 5) is 23.7. The van der Waals surface area contributed by atoms with E-state index in [1.807, 2.05) is 31.2 Å². The fourth-order valence-corrected chi connectivity index (χ4v) is 3.07. The highest BCUT2D eigenvalue weighted by Gasteiger charge is 2.23. The molecule has 0 fully saturated rings. The highest BCUT2D eigenvalue weighted by atomic mass is 16.5. The lowest BCUT2D eigenvalue weighted by molar-refractivity contribution is 0.0713. The van der Waals surface area contributed by atoms with Gasteiger partial charge in [-0.3, -0.25) is 10.1 Å². The Morgan fingerprint density at radius 2 is 2.07 bits per heavy atom. The van der Waals surface area contributed by atoms with Crippen LogP contribution in [0.15, 0.2) is 54.7 Å². The predicted molar refractivity (Wildman–Crippen MR) is 108 cm³/mol. The van der Waals surface area contributed by atoms with E-state index in [0.717, 1.165) is 5.56 Å². The third kappa shape index (κ3) is 4.85. The molecule has 0 bridgehead atoms. The van der Waals surface area contributed by atoms with Gasteiger partial charge in [0.1, 0.15) is 0 Å². The molecule has 0 saturated heterocycles. The number of carbonyl (C=O) groups is 2. The van der Waals surface area contributed by atoms with Gasteiger partial charge in [0.2, 0.25) is 0 Å². The molecule has 152 valence electrons. The van der Waals surface area contributed by atoms with Crippen molar-refractivity contribution in [3.05, 3.63) is 65.9 Å². The van der Waals surface area contributed by atoms with E-state index in [-0.39, 0.29) is 11.9 Å². The molecule has 3 rings (SSSR count). The second-order valence-electron chi connectivity index (χ2n) is 6.33. The van der Waals surface area contributed by atoms with Crippen LogP contribution in [-0.2, 0) is 0 Å². The zero-order valence-corrected chi connectivity index (χ0v) is 16.2. The molecule has 8 heteroatoms. The summed E-state index contributed by atoms with van der Waals surface area (Å²) in [5.74, 6) is 1.00. The SMILES string of the molecule is CCOc1cc(C2CC=CN(C(=O)c3cccc(NC(=O)O)c3)N2)ccc1OC. The van der Waals surface area contributed by atoms with E-state index >= 15 is 0 Å². The molecule has 1 aliphatic heterocycles. The standard InChI is InChI=1S/C21H23N3O5/c1-3-29-19-13-14(9-10-18(19)28-2)17-8-5-11-24(23-17)20(25)15-6-4-7-16(12-15)22-21(26)27/h4-7,9-13,17,22-23H,3,8H2,1-2H3,(H,26,27). The van der Waals surface area contributed by atoms with Gasteiger partial charge in [-0.05, 0) is 49.2 Å². The van der Waals surface area contributed by atoms with Crippen molar-refractivity contribution in [2.75, 3.05) is 19.0 Å². The second-order valence-corrected chi connectivity index (χ2v) is 6.33. The topological polar surface area (TPSA) is 100 Å². The quantitative estimate of drug-likeness (QED) is 0.686. The van der Waals surface area contributed by atoms with E-state index < -0.39 is 6.09 Å². The number of hydrazine groups is 1. The van der Waals surface area contributed by atoms with Gasteiger partial charge in [-0.15, -0.1) is 0 Å². The Labute approximate surface area is 168 Å². The molecule has 0 spiro atoms. The van der Waals surface area contributed by atoms with Crippen LogP contribution >= 0.6 is 0 Å². The van der Waals surface area contributed by atoms with E-state index in [1.165, 1.54) is 11.1 Å². The average molecular weight is 397 g/mol. The van der Waals surface area contributed by atoms with Crippen LogP contribution in [-0.4, -0.2) is 35.8 Å². The second kappa shape index (κ2) is 9.11. The van der Waals surface area contributed by atoms with Gasteiger partial charge in [0.15, 0.2) is 11.5 Å². The highest BCUT2D eigenvalue weighted by Crippen LogP contribution is 2.32. The van der Waals surface area contributed by atoms with Gasteiger partial charge in [0.05, 0.1) is 19.8 Å². The van der Waals surface area contributed by atoms with E-state index in [4.69, 9.17) is 14.6 Å². The Morgan fingerprint density at radius 3 is 2.79 bits per heavy atom. The number of amides is 2.